The van der Waals surface area contributed by atoms with Gasteiger partial charge in [0.15, 0.2) is 0 Å². The summed E-state index contributed by atoms with van der Waals surface area (Å²) in [4.78, 5) is 0. The molecule has 0 radical (unpaired) electrons. The van der Waals surface area contributed by atoms with Gasteiger partial charge in [0.2, 0.25) is 0 Å². The first-order valence-corrected chi connectivity index (χ1v) is 6.12. The van der Waals surface area contributed by atoms with Gasteiger partial charge in [-0.3, -0.25) is 5.10 Å². The summed E-state index contributed by atoms with van der Waals surface area (Å²) in [6.45, 7) is 2.74. The molecular formula is C12H13BrFN3. The number of H-pyrrole nitrogens is 1. The molecule has 0 aliphatic rings. The second-order valence-electron chi connectivity index (χ2n) is 3.85. The van der Waals surface area contributed by atoms with Gasteiger partial charge in [-0.15, -0.1) is 0 Å². The van der Waals surface area contributed by atoms with Crippen molar-refractivity contribution < 1.29 is 4.39 Å². The number of aromatic nitrogens is 2. The van der Waals surface area contributed by atoms with Gasteiger partial charge in [0.05, 0.1) is 0 Å². The zero-order valence-electron chi connectivity index (χ0n) is 9.37. The molecule has 1 aromatic heterocycles. The topological polar surface area (TPSA) is 40.7 Å². The average Bonchev–Trinajstić information content (AvgIpc) is 2.78. The Morgan fingerprint density at radius 2 is 2.29 bits per heavy atom. The van der Waals surface area contributed by atoms with Crippen molar-refractivity contribution in [1.29, 1.82) is 0 Å². The lowest BCUT2D eigenvalue weighted by Crippen LogP contribution is -2.18. The van der Waals surface area contributed by atoms with Crippen LogP contribution in [0.25, 0.3) is 0 Å². The molecule has 0 amide bonds. The summed E-state index contributed by atoms with van der Waals surface area (Å²) >= 11 is 3.37. The van der Waals surface area contributed by atoms with E-state index in [1.807, 2.05) is 13.0 Å². The molecule has 2 aromatic rings. The molecule has 90 valence electrons. The molecule has 0 bridgehead atoms. The van der Waals surface area contributed by atoms with Crippen LogP contribution < -0.4 is 5.32 Å². The second-order valence-corrected chi connectivity index (χ2v) is 4.70. The lowest BCUT2D eigenvalue weighted by molar-refractivity contribution is 0.562. The summed E-state index contributed by atoms with van der Waals surface area (Å²) in [5, 5.41) is 10.1. The maximum atomic E-state index is 13.0. The number of rotatable bonds is 4. The van der Waals surface area contributed by atoms with E-state index < -0.39 is 0 Å². The normalized spacial score (nSPS) is 12.6. The minimum absolute atomic E-state index is 0.133. The van der Waals surface area contributed by atoms with Crippen molar-refractivity contribution >= 4 is 15.9 Å². The van der Waals surface area contributed by atoms with E-state index in [0.29, 0.717) is 6.54 Å². The van der Waals surface area contributed by atoms with Crippen molar-refractivity contribution in [3.05, 3.63) is 52.0 Å². The van der Waals surface area contributed by atoms with Crippen LogP contribution in [0.2, 0.25) is 0 Å². The minimum atomic E-state index is -0.235. The Hall–Kier alpha value is -1.20. The largest absolute Gasteiger partial charge is 0.305 e. The Morgan fingerprint density at radius 3 is 2.94 bits per heavy atom. The number of aromatic amines is 1. The molecule has 0 saturated heterocycles. The number of hydrogen-bond acceptors (Lipinski definition) is 2. The first kappa shape index (κ1) is 12.3. The Bertz CT molecular complexity index is 485. The molecular weight excluding hydrogens is 285 g/mol. The fourth-order valence-corrected chi connectivity index (χ4v) is 2.30. The molecule has 5 heteroatoms. The van der Waals surface area contributed by atoms with Crippen LogP contribution in [-0.2, 0) is 6.54 Å². The summed E-state index contributed by atoms with van der Waals surface area (Å²) in [5.41, 5.74) is 2.06. The standard InChI is InChI=1S/C12H13BrFN3/c1-8(15-7-10-4-5-16-17-10)11-3-2-9(14)6-12(11)13/h2-6,8,15H,7H2,1H3,(H,16,17). The van der Waals surface area contributed by atoms with Gasteiger partial charge in [-0.2, -0.15) is 5.10 Å². The van der Waals surface area contributed by atoms with Crippen LogP contribution in [0.1, 0.15) is 24.2 Å². The Morgan fingerprint density at radius 1 is 1.47 bits per heavy atom. The van der Waals surface area contributed by atoms with E-state index in [1.54, 1.807) is 12.3 Å². The maximum Gasteiger partial charge on any atom is 0.124 e. The van der Waals surface area contributed by atoms with Gasteiger partial charge in [0.25, 0.3) is 0 Å². The summed E-state index contributed by atoms with van der Waals surface area (Å²) in [7, 11) is 0. The molecule has 3 nitrogen and oxygen atoms in total. The lowest BCUT2D eigenvalue weighted by Gasteiger charge is -2.15. The van der Waals surface area contributed by atoms with Crippen LogP contribution in [0, 0.1) is 5.82 Å². The van der Waals surface area contributed by atoms with Gasteiger partial charge < -0.3 is 5.32 Å². The Labute approximate surface area is 108 Å². The zero-order valence-corrected chi connectivity index (χ0v) is 11.0. The molecule has 0 saturated carbocycles. The average molecular weight is 298 g/mol. The molecule has 2 N–H and O–H groups in total. The third-order valence-corrected chi connectivity index (χ3v) is 3.27. The SMILES string of the molecule is CC(NCc1ccn[nH]1)c1ccc(F)cc1Br. The number of hydrogen-bond donors (Lipinski definition) is 2. The highest BCUT2D eigenvalue weighted by atomic mass is 79.9. The zero-order chi connectivity index (χ0) is 12.3. The first-order chi connectivity index (χ1) is 8.16. The number of halogens is 2. The smallest absolute Gasteiger partial charge is 0.124 e. The van der Waals surface area contributed by atoms with Crippen LogP contribution >= 0.6 is 15.9 Å². The third-order valence-electron chi connectivity index (χ3n) is 2.59. The van der Waals surface area contributed by atoms with Crippen molar-refractivity contribution in [2.24, 2.45) is 0 Å². The summed E-state index contributed by atoms with van der Waals surface area (Å²) in [5.74, 6) is -0.235. The van der Waals surface area contributed by atoms with E-state index in [2.05, 4.69) is 31.4 Å². The van der Waals surface area contributed by atoms with E-state index in [4.69, 9.17) is 0 Å². The van der Waals surface area contributed by atoms with Crippen molar-refractivity contribution in [3.8, 4) is 0 Å². The van der Waals surface area contributed by atoms with E-state index in [-0.39, 0.29) is 11.9 Å². The van der Waals surface area contributed by atoms with Gasteiger partial charge in [-0.25, -0.2) is 4.39 Å². The van der Waals surface area contributed by atoms with E-state index in [0.717, 1.165) is 15.7 Å². The third kappa shape index (κ3) is 3.14. The number of nitrogens with zero attached hydrogens (tertiary/aromatic N) is 1. The number of benzene rings is 1. The Kier molecular flexibility index (Phi) is 3.91. The number of nitrogens with one attached hydrogen (secondary N) is 2. The van der Waals surface area contributed by atoms with Crippen molar-refractivity contribution in [2.75, 3.05) is 0 Å². The fourth-order valence-electron chi connectivity index (χ4n) is 1.61. The van der Waals surface area contributed by atoms with E-state index >= 15 is 0 Å². The second kappa shape index (κ2) is 5.42. The van der Waals surface area contributed by atoms with Crippen molar-refractivity contribution in [3.63, 3.8) is 0 Å². The van der Waals surface area contributed by atoms with Gasteiger partial charge >= 0.3 is 0 Å². The highest BCUT2D eigenvalue weighted by Crippen LogP contribution is 2.24. The molecule has 1 atom stereocenters. The monoisotopic (exact) mass is 297 g/mol. The summed E-state index contributed by atoms with van der Waals surface area (Å²) in [6.07, 6.45) is 1.72. The van der Waals surface area contributed by atoms with Crippen LogP contribution in [0.3, 0.4) is 0 Å². The minimum Gasteiger partial charge on any atom is -0.305 e. The van der Waals surface area contributed by atoms with Gasteiger partial charge in [-0.1, -0.05) is 22.0 Å². The van der Waals surface area contributed by atoms with E-state index in [1.165, 1.54) is 12.1 Å². The molecule has 17 heavy (non-hydrogen) atoms. The maximum absolute atomic E-state index is 13.0. The molecule has 0 fully saturated rings. The van der Waals surface area contributed by atoms with Crippen LogP contribution in [0.15, 0.2) is 34.9 Å². The summed E-state index contributed by atoms with van der Waals surface area (Å²) in [6, 6.07) is 6.77. The molecule has 1 unspecified atom stereocenters. The molecule has 0 spiro atoms. The molecule has 1 aromatic carbocycles. The van der Waals surface area contributed by atoms with Gasteiger partial charge in [0, 0.05) is 29.0 Å². The molecule has 0 aliphatic heterocycles. The molecule has 0 aliphatic carbocycles. The quantitative estimate of drug-likeness (QED) is 0.910. The highest BCUT2D eigenvalue weighted by molar-refractivity contribution is 9.10. The predicted octanol–water partition coefficient (Wildman–Crippen LogP) is 3.16. The molecule has 1 heterocycles. The van der Waals surface area contributed by atoms with Gasteiger partial charge in [0.1, 0.15) is 5.82 Å². The summed E-state index contributed by atoms with van der Waals surface area (Å²) < 4.78 is 13.7. The lowest BCUT2D eigenvalue weighted by atomic mass is 10.1. The van der Waals surface area contributed by atoms with Crippen molar-refractivity contribution in [1.82, 2.24) is 15.5 Å². The van der Waals surface area contributed by atoms with Gasteiger partial charge in [-0.05, 0) is 30.7 Å². The van der Waals surface area contributed by atoms with Crippen LogP contribution in [0.4, 0.5) is 4.39 Å². The van der Waals surface area contributed by atoms with Crippen molar-refractivity contribution in [2.45, 2.75) is 19.5 Å². The first-order valence-electron chi connectivity index (χ1n) is 5.33. The van der Waals surface area contributed by atoms with E-state index in [9.17, 15) is 4.39 Å². The highest BCUT2D eigenvalue weighted by Gasteiger charge is 2.09. The Balaban J connectivity index is 2.01. The van der Waals surface area contributed by atoms with Crippen LogP contribution in [-0.4, -0.2) is 10.2 Å². The molecule has 2 rings (SSSR count). The van der Waals surface area contributed by atoms with Crippen LogP contribution in [0.5, 0.6) is 0 Å². The predicted molar refractivity (Wildman–Crippen MR) is 67.9 cm³/mol. The fraction of sp³-hybridized carbons (Fsp3) is 0.250.